The molecule has 0 N–H and O–H groups in total. The number of ketones is 2. The number of nitriles is 1. The second-order valence-corrected chi connectivity index (χ2v) is 3.90. The van der Waals surface area contributed by atoms with E-state index in [1.807, 2.05) is 6.07 Å². The van der Waals surface area contributed by atoms with Crippen molar-refractivity contribution in [2.75, 3.05) is 13.2 Å². The van der Waals surface area contributed by atoms with Gasteiger partial charge in [-0.2, -0.15) is 5.26 Å². The van der Waals surface area contributed by atoms with Gasteiger partial charge in [0.25, 0.3) is 0 Å². The van der Waals surface area contributed by atoms with Gasteiger partial charge in [-0.3, -0.25) is 9.59 Å². The van der Waals surface area contributed by atoms with Gasteiger partial charge in [-0.1, -0.05) is 12.1 Å². The molecule has 17 heavy (non-hydrogen) atoms. The molecule has 1 saturated heterocycles. The first-order valence-electron chi connectivity index (χ1n) is 5.37. The highest BCUT2D eigenvalue weighted by Crippen LogP contribution is 2.16. The Bertz CT molecular complexity index is 484. The Morgan fingerprint density at radius 1 is 1.35 bits per heavy atom. The largest absolute Gasteiger partial charge is 0.380 e. The zero-order valence-electron chi connectivity index (χ0n) is 9.18. The highest BCUT2D eigenvalue weighted by Gasteiger charge is 2.30. The lowest BCUT2D eigenvalue weighted by Gasteiger charge is -2.19. The third-order valence-electron chi connectivity index (χ3n) is 2.78. The van der Waals surface area contributed by atoms with Crippen LogP contribution in [0.3, 0.4) is 0 Å². The molecule has 86 valence electrons. The number of hydrogen-bond acceptors (Lipinski definition) is 4. The van der Waals surface area contributed by atoms with E-state index in [0.29, 0.717) is 24.2 Å². The summed E-state index contributed by atoms with van der Waals surface area (Å²) in [4.78, 5) is 23.6. The maximum absolute atomic E-state index is 12.0. The van der Waals surface area contributed by atoms with Gasteiger partial charge in [-0.05, 0) is 12.1 Å². The molecule has 1 atom stereocenters. The van der Waals surface area contributed by atoms with E-state index in [4.69, 9.17) is 10.00 Å². The fourth-order valence-corrected chi connectivity index (χ4v) is 1.77. The normalized spacial score (nSPS) is 19.7. The molecule has 0 spiro atoms. The Morgan fingerprint density at radius 2 is 2.06 bits per heavy atom. The molecule has 4 nitrogen and oxygen atoms in total. The topological polar surface area (TPSA) is 67.2 Å². The number of benzene rings is 1. The van der Waals surface area contributed by atoms with Crippen molar-refractivity contribution in [2.45, 2.75) is 6.42 Å². The highest BCUT2D eigenvalue weighted by atomic mass is 16.5. The zero-order chi connectivity index (χ0) is 12.3. The van der Waals surface area contributed by atoms with Crippen molar-refractivity contribution in [1.82, 2.24) is 0 Å². The fourth-order valence-electron chi connectivity index (χ4n) is 1.77. The molecule has 1 aromatic carbocycles. The van der Waals surface area contributed by atoms with E-state index >= 15 is 0 Å². The predicted octanol–water partition coefficient (Wildman–Crippen LogP) is 1.35. The minimum Gasteiger partial charge on any atom is -0.380 e. The summed E-state index contributed by atoms with van der Waals surface area (Å²) in [6.07, 6.45) is 0.298. The van der Waals surface area contributed by atoms with E-state index in [2.05, 4.69) is 0 Å². The minimum absolute atomic E-state index is 0.0643. The lowest BCUT2D eigenvalue weighted by atomic mass is 9.91. The van der Waals surface area contributed by atoms with E-state index in [0.717, 1.165) is 0 Å². The Morgan fingerprint density at radius 3 is 2.65 bits per heavy atom. The average molecular weight is 229 g/mol. The van der Waals surface area contributed by atoms with Crippen molar-refractivity contribution in [3.8, 4) is 6.07 Å². The van der Waals surface area contributed by atoms with Crippen LogP contribution in [0.2, 0.25) is 0 Å². The fraction of sp³-hybridized carbons (Fsp3) is 0.308. The van der Waals surface area contributed by atoms with Gasteiger partial charge in [0.2, 0.25) is 0 Å². The summed E-state index contributed by atoms with van der Waals surface area (Å²) in [6.45, 7) is 0.563. The van der Waals surface area contributed by atoms with Crippen molar-refractivity contribution >= 4 is 11.6 Å². The molecule has 4 heteroatoms. The molecule has 1 unspecified atom stereocenters. The van der Waals surface area contributed by atoms with Crippen LogP contribution >= 0.6 is 0 Å². The summed E-state index contributed by atoms with van der Waals surface area (Å²) < 4.78 is 5.15. The molecule has 0 aliphatic carbocycles. The Balaban J connectivity index is 2.18. The number of carbonyl (C=O) groups excluding carboxylic acids is 2. The van der Waals surface area contributed by atoms with E-state index < -0.39 is 5.92 Å². The Labute approximate surface area is 98.8 Å². The standard InChI is InChI=1S/C13H11NO3/c14-7-9-1-3-10(4-2-9)13(16)11-8-17-6-5-12(11)15/h1-4,11H,5-6,8H2. The summed E-state index contributed by atoms with van der Waals surface area (Å²) >= 11 is 0. The molecule has 0 amide bonds. The first kappa shape index (κ1) is 11.5. The molecule has 1 fully saturated rings. The molecular weight excluding hydrogens is 218 g/mol. The third-order valence-corrected chi connectivity index (χ3v) is 2.78. The van der Waals surface area contributed by atoms with E-state index in [1.54, 1.807) is 24.3 Å². The highest BCUT2D eigenvalue weighted by molar-refractivity contribution is 6.11. The molecule has 1 aliphatic rings. The average Bonchev–Trinajstić information content (AvgIpc) is 2.39. The summed E-state index contributed by atoms with van der Waals surface area (Å²) in [5, 5.41) is 8.65. The van der Waals surface area contributed by atoms with E-state index in [-0.39, 0.29) is 18.2 Å². The van der Waals surface area contributed by atoms with Gasteiger partial charge < -0.3 is 4.74 Å². The summed E-state index contributed by atoms with van der Waals surface area (Å²) in [5.41, 5.74) is 0.945. The predicted molar refractivity (Wildman–Crippen MR) is 59.4 cm³/mol. The molecule has 2 rings (SSSR count). The van der Waals surface area contributed by atoms with Crippen molar-refractivity contribution in [1.29, 1.82) is 5.26 Å². The maximum atomic E-state index is 12.0. The van der Waals surface area contributed by atoms with Crippen LogP contribution in [0.4, 0.5) is 0 Å². The third kappa shape index (κ3) is 2.40. The van der Waals surface area contributed by atoms with Crippen molar-refractivity contribution in [2.24, 2.45) is 5.92 Å². The molecule has 0 aromatic heterocycles. The number of carbonyl (C=O) groups is 2. The van der Waals surface area contributed by atoms with Gasteiger partial charge in [0.1, 0.15) is 11.7 Å². The first-order chi connectivity index (χ1) is 8.22. The zero-order valence-corrected chi connectivity index (χ0v) is 9.18. The summed E-state index contributed by atoms with van der Waals surface area (Å²) in [7, 11) is 0. The van der Waals surface area contributed by atoms with Gasteiger partial charge >= 0.3 is 0 Å². The van der Waals surface area contributed by atoms with Gasteiger partial charge in [0.05, 0.1) is 24.8 Å². The van der Waals surface area contributed by atoms with Crippen LogP contribution in [0.5, 0.6) is 0 Å². The first-order valence-corrected chi connectivity index (χ1v) is 5.37. The maximum Gasteiger partial charge on any atom is 0.175 e. The van der Waals surface area contributed by atoms with E-state index in [1.165, 1.54) is 0 Å². The van der Waals surface area contributed by atoms with Crippen LogP contribution in [-0.4, -0.2) is 24.8 Å². The van der Waals surface area contributed by atoms with Crippen LogP contribution in [-0.2, 0) is 9.53 Å². The Hall–Kier alpha value is -1.99. The van der Waals surface area contributed by atoms with Crippen LogP contribution < -0.4 is 0 Å². The monoisotopic (exact) mass is 229 g/mol. The molecule has 1 aliphatic heterocycles. The second kappa shape index (κ2) is 4.89. The van der Waals surface area contributed by atoms with Crippen LogP contribution in [0.1, 0.15) is 22.3 Å². The molecule has 1 aromatic rings. The lowest BCUT2D eigenvalue weighted by Crippen LogP contribution is -2.33. The molecular formula is C13H11NO3. The summed E-state index contributed by atoms with van der Waals surface area (Å²) in [5.74, 6) is -0.971. The second-order valence-electron chi connectivity index (χ2n) is 3.90. The number of nitrogens with zero attached hydrogens (tertiary/aromatic N) is 1. The van der Waals surface area contributed by atoms with Crippen LogP contribution in [0, 0.1) is 17.2 Å². The number of rotatable bonds is 2. The van der Waals surface area contributed by atoms with Crippen molar-refractivity contribution in [3.05, 3.63) is 35.4 Å². The van der Waals surface area contributed by atoms with Gasteiger partial charge in [-0.15, -0.1) is 0 Å². The van der Waals surface area contributed by atoms with Gasteiger partial charge in [0, 0.05) is 12.0 Å². The number of hydrogen-bond donors (Lipinski definition) is 0. The lowest BCUT2D eigenvalue weighted by molar-refractivity contribution is -0.128. The number of Topliss-reactive ketones (excluding diaryl/α,β-unsaturated/α-hetero) is 2. The molecule has 0 bridgehead atoms. The quantitative estimate of drug-likeness (QED) is 0.567. The van der Waals surface area contributed by atoms with Gasteiger partial charge in [0.15, 0.2) is 5.78 Å². The molecule has 0 radical (unpaired) electrons. The SMILES string of the molecule is N#Cc1ccc(C(=O)C2COCCC2=O)cc1. The van der Waals surface area contributed by atoms with Gasteiger partial charge in [-0.25, -0.2) is 0 Å². The Kier molecular flexibility index (Phi) is 3.31. The number of ether oxygens (including phenoxy) is 1. The smallest absolute Gasteiger partial charge is 0.175 e. The molecule has 1 heterocycles. The molecule has 0 saturated carbocycles. The van der Waals surface area contributed by atoms with Crippen LogP contribution in [0.15, 0.2) is 24.3 Å². The van der Waals surface area contributed by atoms with Crippen molar-refractivity contribution < 1.29 is 14.3 Å². The van der Waals surface area contributed by atoms with Crippen molar-refractivity contribution in [3.63, 3.8) is 0 Å². The summed E-state index contributed by atoms with van der Waals surface area (Å²) in [6, 6.07) is 8.26. The minimum atomic E-state index is -0.684. The van der Waals surface area contributed by atoms with E-state index in [9.17, 15) is 9.59 Å². The van der Waals surface area contributed by atoms with Crippen LogP contribution in [0.25, 0.3) is 0 Å².